The smallest absolute Gasteiger partial charge is 0.407 e. The number of anilines is 1. The molecule has 7 nitrogen and oxygen atoms in total. The molecule has 2 radical (unpaired) electrons. The Bertz CT molecular complexity index is 1010. The summed E-state index contributed by atoms with van der Waals surface area (Å²) in [6, 6.07) is 15.2. The van der Waals surface area contributed by atoms with Crippen molar-refractivity contribution in [2.45, 2.75) is 51.7 Å². The number of likely N-dealkylation sites (tertiary alicyclic amines) is 1. The van der Waals surface area contributed by atoms with Crippen LogP contribution in [0.3, 0.4) is 0 Å². The molecule has 8 heteroatoms. The Morgan fingerprint density at radius 1 is 1.06 bits per heavy atom. The monoisotopic (exact) mass is 463 g/mol. The first-order chi connectivity index (χ1) is 15.6. The molecule has 0 aromatic heterocycles. The number of carbonyl (C=O) groups is 3. The maximum atomic E-state index is 12.9. The molecule has 0 aliphatic carbocycles. The van der Waals surface area contributed by atoms with Crippen molar-refractivity contribution in [3.63, 3.8) is 0 Å². The maximum Gasteiger partial charge on any atom is 0.407 e. The van der Waals surface area contributed by atoms with Crippen LogP contribution in [0.2, 0.25) is 0 Å². The van der Waals surface area contributed by atoms with Crippen LogP contribution in [-0.4, -0.2) is 56.7 Å². The molecule has 0 bridgehead atoms. The third-order valence-electron chi connectivity index (χ3n) is 5.42. The van der Waals surface area contributed by atoms with Crippen molar-refractivity contribution in [3.05, 3.63) is 65.2 Å². The molecule has 0 atom stereocenters. The van der Waals surface area contributed by atoms with E-state index in [1.165, 1.54) is 5.56 Å². The molecule has 0 spiro atoms. The molecule has 3 rings (SSSR count). The van der Waals surface area contributed by atoms with Crippen molar-refractivity contribution in [1.82, 2.24) is 10.2 Å². The molecular formula is C25H30AlN3O4. The van der Waals surface area contributed by atoms with E-state index in [9.17, 15) is 14.4 Å². The zero-order valence-electron chi connectivity index (χ0n) is 19.4. The SMILES string of the molecule is CC(C)(C)OC(=O)NCc1cccc(C2CCN(C(=O)c3cccc(N[C](=O)[Al])c3)CC2)c1. The molecule has 1 aliphatic heterocycles. The number of alkyl carbamates (subject to hydrolysis) is 1. The summed E-state index contributed by atoms with van der Waals surface area (Å²) in [6.45, 7) is 7.26. The van der Waals surface area contributed by atoms with Crippen LogP contribution in [0.5, 0.6) is 0 Å². The number of hydrogen-bond donors (Lipinski definition) is 2. The van der Waals surface area contributed by atoms with Crippen molar-refractivity contribution in [1.29, 1.82) is 0 Å². The van der Waals surface area contributed by atoms with Gasteiger partial charge in [0.05, 0.1) is 0 Å². The minimum Gasteiger partial charge on any atom is -0.444 e. The number of rotatable bonds is 5. The summed E-state index contributed by atoms with van der Waals surface area (Å²) in [7, 11) is 0. The van der Waals surface area contributed by atoms with Crippen molar-refractivity contribution in [3.8, 4) is 0 Å². The van der Waals surface area contributed by atoms with Gasteiger partial charge in [-0.15, -0.1) is 0 Å². The second kappa shape index (κ2) is 10.9. The Hall–Kier alpha value is -2.82. The number of benzene rings is 2. The first kappa shape index (κ1) is 24.8. The fraction of sp³-hybridized carbons (Fsp3) is 0.400. The van der Waals surface area contributed by atoms with Crippen molar-refractivity contribution in [2.75, 3.05) is 18.4 Å². The molecule has 2 aromatic carbocycles. The number of carbonyl (C=O) groups excluding carboxylic acids is 3. The van der Waals surface area contributed by atoms with Crippen LogP contribution in [0.4, 0.5) is 15.3 Å². The minimum atomic E-state index is -0.526. The van der Waals surface area contributed by atoms with E-state index >= 15 is 0 Å². The summed E-state index contributed by atoms with van der Waals surface area (Å²) < 4.78 is 5.05. The van der Waals surface area contributed by atoms with Gasteiger partial charge in [0.25, 0.3) is 22.2 Å². The summed E-state index contributed by atoms with van der Waals surface area (Å²) in [5.41, 5.74) is 2.88. The average Bonchev–Trinajstić information content (AvgIpc) is 2.76. The Kier molecular flexibility index (Phi) is 8.17. The Labute approximate surface area is 203 Å². The lowest BCUT2D eigenvalue weighted by Crippen LogP contribution is -2.38. The molecule has 3 amide bonds. The van der Waals surface area contributed by atoms with E-state index in [1.54, 1.807) is 24.3 Å². The highest BCUT2D eigenvalue weighted by Gasteiger charge is 2.25. The fourth-order valence-corrected chi connectivity index (χ4v) is 4.08. The predicted molar refractivity (Wildman–Crippen MR) is 129 cm³/mol. The molecule has 0 saturated carbocycles. The lowest BCUT2D eigenvalue weighted by molar-refractivity contribution is 0.0523. The largest absolute Gasteiger partial charge is 0.444 e. The zero-order chi connectivity index (χ0) is 24.0. The molecule has 1 saturated heterocycles. The Balaban J connectivity index is 1.55. The zero-order valence-corrected chi connectivity index (χ0v) is 20.5. The van der Waals surface area contributed by atoms with E-state index in [1.807, 2.05) is 37.8 Å². The predicted octanol–water partition coefficient (Wildman–Crippen LogP) is 4.43. The van der Waals surface area contributed by atoms with E-state index < -0.39 is 11.7 Å². The summed E-state index contributed by atoms with van der Waals surface area (Å²) >= 11 is 2.07. The van der Waals surface area contributed by atoms with Gasteiger partial charge in [-0.25, -0.2) is 4.79 Å². The highest BCUT2D eigenvalue weighted by molar-refractivity contribution is 6.60. The van der Waals surface area contributed by atoms with Crippen LogP contribution < -0.4 is 10.6 Å². The minimum absolute atomic E-state index is 0.0244. The van der Waals surface area contributed by atoms with Gasteiger partial charge in [0.15, 0.2) is 0 Å². The summed E-state index contributed by atoms with van der Waals surface area (Å²) in [4.78, 5) is 38.0. The van der Waals surface area contributed by atoms with Crippen LogP contribution in [0, 0.1) is 0 Å². The van der Waals surface area contributed by atoms with Gasteiger partial charge in [-0.05, 0) is 68.9 Å². The lowest BCUT2D eigenvalue weighted by Gasteiger charge is -2.32. The summed E-state index contributed by atoms with van der Waals surface area (Å²) in [5, 5.41) is 5.48. The van der Waals surface area contributed by atoms with E-state index in [0.717, 1.165) is 18.4 Å². The van der Waals surface area contributed by atoms with Crippen molar-refractivity contribution < 1.29 is 19.1 Å². The number of hydrogen-bond acceptors (Lipinski definition) is 4. The van der Waals surface area contributed by atoms with Gasteiger partial charge in [0, 0.05) is 30.9 Å². The average molecular weight is 464 g/mol. The van der Waals surface area contributed by atoms with Gasteiger partial charge in [0.2, 0.25) is 0 Å². The van der Waals surface area contributed by atoms with Crippen molar-refractivity contribution >= 4 is 38.7 Å². The van der Waals surface area contributed by atoms with E-state index in [4.69, 9.17) is 4.74 Å². The molecule has 172 valence electrons. The van der Waals surface area contributed by atoms with Gasteiger partial charge >= 0.3 is 6.09 Å². The second-order valence-electron chi connectivity index (χ2n) is 9.24. The van der Waals surface area contributed by atoms with Gasteiger partial charge in [0.1, 0.15) is 10.4 Å². The number of ether oxygens (including phenoxy) is 1. The lowest BCUT2D eigenvalue weighted by atomic mass is 9.88. The highest BCUT2D eigenvalue weighted by atomic mass is 27.0. The Morgan fingerprint density at radius 2 is 1.76 bits per heavy atom. The molecule has 33 heavy (non-hydrogen) atoms. The highest BCUT2D eigenvalue weighted by Crippen LogP contribution is 2.29. The van der Waals surface area contributed by atoms with Crippen LogP contribution in [0.15, 0.2) is 48.5 Å². The van der Waals surface area contributed by atoms with Gasteiger partial charge < -0.3 is 25.1 Å². The molecule has 0 unspecified atom stereocenters. The van der Waals surface area contributed by atoms with Crippen molar-refractivity contribution in [2.24, 2.45) is 0 Å². The van der Waals surface area contributed by atoms with E-state index in [0.29, 0.717) is 36.8 Å². The van der Waals surface area contributed by atoms with Crippen LogP contribution in [-0.2, 0) is 11.3 Å². The maximum absolute atomic E-state index is 12.9. The molecule has 2 N–H and O–H groups in total. The van der Waals surface area contributed by atoms with Crippen LogP contribution in [0.25, 0.3) is 0 Å². The molecule has 1 fully saturated rings. The molecule has 1 aliphatic rings. The number of piperidine rings is 1. The number of amides is 3. The number of nitrogens with zero attached hydrogens (tertiary/aromatic N) is 1. The third kappa shape index (κ3) is 7.62. The second-order valence-corrected chi connectivity index (χ2v) is 9.76. The fourth-order valence-electron chi connectivity index (χ4n) is 3.92. The van der Waals surface area contributed by atoms with Crippen LogP contribution >= 0.6 is 0 Å². The van der Waals surface area contributed by atoms with Gasteiger partial charge in [-0.3, -0.25) is 4.79 Å². The normalized spacial score (nSPS) is 14.5. The summed E-state index contributed by atoms with van der Waals surface area (Å²) in [6.07, 6.45) is 1.31. The molecular weight excluding hydrogens is 433 g/mol. The topological polar surface area (TPSA) is 87.7 Å². The number of nitrogens with one attached hydrogen (secondary N) is 2. The first-order valence-electron chi connectivity index (χ1n) is 11.1. The quantitative estimate of drug-likeness (QED) is 0.642. The summed E-state index contributed by atoms with van der Waals surface area (Å²) in [5.74, 6) is 0.335. The molecule has 1 heterocycles. The van der Waals surface area contributed by atoms with Gasteiger partial charge in [-0.2, -0.15) is 0 Å². The van der Waals surface area contributed by atoms with Crippen LogP contribution in [0.1, 0.15) is 61.0 Å². The standard InChI is InChI=1S/C25H30N3O4.Al/c1-25(2,3)32-24(31)26-16-18-6-4-7-20(14-18)19-10-12-28(13-11-19)23(30)21-8-5-9-22(15-21)27-17-29;/h4-9,14-15,19H,10-13,16H2,1-3H3,(H,26,31)(H,27,29);. The molecule has 2 aromatic rings. The van der Waals surface area contributed by atoms with E-state index in [-0.39, 0.29) is 10.7 Å². The van der Waals surface area contributed by atoms with E-state index in [2.05, 4.69) is 39.1 Å². The first-order valence-corrected chi connectivity index (χ1v) is 11.7. The third-order valence-corrected chi connectivity index (χ3v) is 5.56. The Morgan fingerprint density at radius 3 is 2.42 bits per heavy atom. The van der Waals surface area contributed by atoms with Gasteiger partial charge in [-0.1, -0.05) is 30.3 Å².